The summed E-state index contributed by atoms with van der Waals surface area (Å²) in [5.41, 5.74) is 0.762. The third-order valence-corrected chi connectivity index (χ3v) is 5.42. The van der Waals surface area contributed by atoms with Gasteiger partial charge in [0.25, 0.3) is 0 Å². The molecule has 0 bridgehead atoms. The number of fused-ring (bicyclic) bond motifs is 1. The van der Waals surface area contributed by atoms with Crippen LogP contribution in [0.1, 0.15) is 6.92 Å². The SMILES string of the molecule is CNc1ccc2cc(S(=O)(=O)NC(C)CSC)ccc2n1. The van der Waals surface area contributed by atoms with Crippen molar-refractivity contribution in [3.63, 3.8) is 0 Å². The van der Waals surface area contributed by atoms with E-state index in [2.05, 4.69) is 15.0 Å². The Morgan fingerprint density at radius 3 is 2.71 bits per heavy atom. The van der Waals surface area contributed by atoms with Gasteiger partial charge in [-0.1, -0.05) is 0 Å². The molecule has 0 aliphatic carbocycles. The van der Waals surface area contributed by atoms with Crippen LogP contribution in [0.15, 0.2) is 35.2 Å². The minimum Gasteiger partial charge on any atom is -0.373 e. The lowest BCUT2D eigenvalue weighted by atomic mass is 10.2. The van der Waals surface area contributed by atoms with Crippen molar-refractivity contribution in [1.82, 2.24) is 9.71 Å². The van der Waals surface area contributed by atoms with E-state index in [0.717, 1.165) is 22.5 Å². The molecule has 1 unspecified atom stereocenters. The molecule has 0 fully saturated rings. The fourth-order valence-electron chi connectivity index (χ4n) is 2.03. The van der Waals surface area contributed by atoms with Crippen LogP contribution < -0.4 is 10.0 Å². The van der Waals surface area contributed by atoms with Crippen LogP contribution in [-0.2, 0) is 10.0 Å². The fourth-order valence-corrected chi connectivity index (χ4v) is 3.99. The maximum Gasteiger partial charge on any atom is 0.240 e. The molecule has 1 aromatic carbocycles. The number of nitrogens with one attached hydrogen (secondary N) is 2. The molecule has 2 rings (SSSR count). The normalized spacial score (nSPS) is 13.3. The Morgan fingerprint density at radius 1 is 1.29 bits per heavy atom. The average Bonchev–Trinajstić information content (AvgIpc) is 2.45. The quantitative estimate of drug-likeness (QED) is 0.853. The van der Waals surface area contributed by atoms with Crippen molar-refractivity contribution in [2.75, 3.05) is 24.4 Å². The van der Waals surface area contributed by atoms with Crippen LogP contribution in [-0.4, -0.2) is 38.5 Å². The molecule has 0 radical (unpaired) electrons. The molecule has 7 heteroatoms. The van der Waals surface area contributed by atoms with Gasteiger partial charge >= 0.3 is 0 Å². The molecule has 1 aromatic heterocycles. The zero-order valence-corrected chi connectivity index (χ0v) is 13.9. The van der Waals surface area contributed by atoms with Crippen molar-refractivity contribution >= 4 is 38.5 Å². The monoisotopic (exact) mass is 325 g/mol. The van der Waals surface area contributed by atoms with E-state index in [1.165, 1.54) is 0 Å². The van der Waals surface area contributed by atoms with Crippen LogP contribution in [0.3, 0.4) is 0 Å². The Bertz CT molecular complexity index is 732. The van der Waals surface area contributed by atoms with Gasteiger partial charge in [-0.05, 0) is 43.5 Å². The molecule has 1 atom stereocenters. The molecule has 0 aliphatic heterocycles. The number of rotatable bonds is 6. The van der Waals surface area contributed by atoms with Gasteiger partial charge in [0.2, 0.25) is 10.0 Å². The highest BCUT2D eigenvalue weighted by Gasteiger charge is 2.17. The van der Waals surface area contributed by atoms with E-state index in [4.69, 9.17) is 0 Å². The first-order valence-electron chi connectivity index (χ1n) is 6.56. The number of pyridine rings is 1. The largest absolute Gasteiger partial charge is 0.373 e. The topological polar surface area (TPSA) is 71.1 Å². The number of aromatic nitrogens is 1. The standard InChI is InChI=1S/C14H19N3O2S2/c1-10(9-20-3)17-21(18,19)12-5-6-13-11(8-12)4-7-14(15-2)16-13/h4-8,10,17H,9H2,1-3H3,(H,15,16). The highest BCUT2D eigenvalue weighted by atomic mass is 32.2. The summed E-state index contributed by atoms with van der Waals surface area (Å²) >= 11 is 1.61. The average molecular weight is 325 g/mol. The van der Waals surface area contributed by atoms with Crippen molar-refractivity contribution < 1.29 is 8.42 Å². The molecule has 1 heterocycles. The molecule has 21 heavy (non-hydrogen) atoms. The first-order valence-corrected chi connectivity index (χ1v) is 9.44. The van der Waals surface area contributed by atoms with Crippen molar-refractivity contribution in [3.05, 3.63) is 30.3 Å². The van der Waals surface area contributed by atoms with Gasteiger partial charge in [0.1, 0.15) is 5.82 Å². The van der Waals surface area contributed by atoms with Crippen LogP contribution in [0.2, 0.25) is 0 Å². The molecule has 0 saturated heterocycles. The fraction of sp³-hybridized carbons (Fsp3) is 0.357. The van der Waals surface area contributed by atoms with Crippen LogP contribution in [0, 0.1) is 0 Å². The number of hydrogen-bond donors (Lipinski definition) is 2. The Hall–Kier alpha value is -1.31. The molecule has 0 amide bonds. The van der Waals surface area contributed by atoms with E-state index in [0.29, 0.717) is 0 Å². The Balaban J connectivity index is 2.34. The second-order valence-electron chi connectivity index (χ2n) is 4.78. The van der Waals surface area contributed by atoms with Crippen molar-refractivity contribution in [3.8, 4) is 0 Å². The summed E-state index contributed by atoms with van der Waals surface area (Å²) in [5.74, 6) is 1.49. The summed E-state index contributed by atoms with van der Waals surface area (Å²) in [6.45, 7) is 1.86. The number of sulfonamides is 1. The van der Waals surface area contributed by atoms with Crippen LogP contribution in [0.25, 0.3) is 10.9 Å². The predicted octanol–water partition coefficient (Wildman–Crippen LogP) is 2.31. The lowest BCUT2D eigenvalue weighted by molar-refractivity contribution is 0.571. The third-order valence-electron chi connectivity index (χ3n) is 3.00. The summed E-state index contributed by atoms with van der Waals surface area (Å²) in [5, 5.41) is 3.76. The Morgan fingerprint density at radius 2 is 2.05 bits per heavy atom. The van der Waals surface area contributed by atoms with Gasteiger partial charge in [0.05, 0.1) is 10.4 Å². The smallest absolute Gasteiger partial charge is 0.240 e. The number of nitrogens with zero attached hydrogens (tertiary/aromatic N) is 1. The molecule has 2 aromatic rings. The molecule has 0 spiro atoms. The molecule has 5 nitrogen and oxygen atoms in total. The van der Waals surface area contributed by atoms with Crippen LogP contribution >= 0.6 is 11.8 Å². The van der Waals surface area contributed by atoms with E-state index in [1.54, 1.807) is 37.0 Å². The first-order chi connectivity index (χ1) is 9.96. The highest BCUT2D eigenvalue weighted by Crippen LogP contribution is 2.20. The number of hydrogen-bond acceptors (Lipinski definition) is 5. The van der Waals surface area contributed by atoms with Gasteiger partial charge in [-0.15, -0.1) is 0 Å². The molecule has 0 aliphatic rings. The zero-order valence-electron chi connectivity index (χ0n) is 12.3. The predicted molar refractivity (Wildman–Crippen MR) is 89.5 cm³/mol. The summed E-state index contributed by atoms with van der Waals surface area (Å²) in [6.07, 6.45) is 1.95. The zero-order chi connectivity index (χ0) is 15.5. The summed E-state index contributed by atoms with van der Waals surface area (Å²) in [6, 6.07) is 8.54. The van der Waals surface area contributed by atoms with Gasteiger partial charge in [-0.3, -0.25) is 0 Å². The third kappa shape index (κ3) is 3.87. The number of benzene rings is 1. The minimum absolute atomic E-state index is 0.106. The Kier molecular flexibility index (Phi) is 5.08. The first kappa shape index (κ1) is 16.1. The lowest BCUT2D eigenvalue weighted by Crippen LogP contribution is -2.34. The van der Waals surface area contributed by atoms with E-state index in [-0.39, 0.29) is 10.9 Å². The van der Waals surface area contributed by atoms with Crippen LogP contribution in [0.5, 0.6) is 0 Å². The molecule has 0 saturated carbocycles. The maximum absolute atomic E-state index is 12.3. The maximum atomic E-state index is 12.3. The Labute approximate surface area is 129 Å². The van der Waals surface area contributed by atoms with Gasteiger partial charge in [-0.25, -0.2) is 18.1 Å². The molecule has 2 N–H and O–H groups in total. The summed E-state index contributed by atoms with van der Waals surface area (Å²) < 4.78 is 27.3. The van der Waals surface area contributed by atoms with Crippen molar-refractivity contribution in [1.29, 1.82) is 0 Å². The lowest BCUT2D eigenvalue weighted by Gasteiger charge is -2.13. The van der Waals surface area contributed by atoms with Gasteiger partial charge < -0.3 is 5.32 Å². The van der Waals surface area contributed by atoms with E-state index in [9.17, 15) is 8.42 Å². The van der Waals surface area contributed by atoms with Crippen molar-refractivity contribution in [2.45, 2.75) is 17.9 Å². The van der Waals surface area contributed by atoms with Gasteiger partial charge in [-0.2, -0.15) is 11.8 Å². The molecular weight excluding hydrogens is 306 g/mol. The summed E-state index contributed by atoms with van der Waals surface area (Å²) in [7, 11) is -1.70. The van der Waals surface area contributed by atoms with E-state index in [1.807, 2.05) is 25.3 Å². The minimum atomic E-state index is -3.50. The van der Waals surface area contributed by atoms with E-state index >= 15 is 0 Å². The van der Waals surface area contributed by atoms with E-state index < -0.39 is 10.0 Å². The number of thioether (sulfide) groups is 1. The van der Waals surface area contributed by atoms with Gasteiger partial charge in [0.15, 0.2) is 0 Å². The van der Waals surface area contributed by atoms with Crippen molar-refractivity contribution in [2.24, 2.45) is 0 Å². The summed E-state index contributed by atoms with van der Waals surface area (Å²) in [4.78, 5) is 4.64. The second kappa shape index (κ2) is 6.64. The molecular formula is C14H19N3O2S2. The molecule has 114 valence electrons. The number of anilines is 1. The van der Waals surface area contributed by atoms with Gasteiger partial charge in [0, 0.05) is 24.2 Å². The van der Waals surface area contributed by atoms with Crippen LogP contribution in [0.4, 0.5) is 5.82 Å². The highest BCUT2D eigenvalue weighted by molar-refractivity contribution is 7.98. The second-order valence-corrected chi connectivity index (χ2v) is 7.40.